The van der Waals surface area contributed by atoms with Gasteiger partial charge in [-0.25, -0.2) is 9.37 Å². The lowest BCUT2D eigenvalue weighted by molar-refractivity contribution is 0.0944. The van der Waals surface area contributed by atoms with Gasteiger partial charge in [-0.1, -0.05) is 0 Å². The van der Waals surface area contributed by atoms with Gasteiger partial charge in [0.25, 0.3) is 5.91 Å². The highest BCUT2D eigenvalue weighted by Gasteiger charge is 2.15. The van der Waals surface area contributed by atoms with Crippen LogP contribution in [0.3, 0.4) is 0 Å². The van der Waals surface area contributed by atoms with E-state index in [-0.39, 0.29) is 43.0 Å². The van der Waals surface area contributed by atoms with E-state index in [4.69, 9.17) is 5.73 Å². The molecule has 0 aliphatic rings. The quantitative estimate of drug-likeness (QED) is 0.855. The molecule has 3 N–H and O–H groups in total. The predicted molar refractivity (Wildman–Crippen MR) is 85.9 cm³/mol. The first kappa shape index (κ1) is 20.3. The molecule has 0 fully saturated rings. The molecule has 2 aromatic rings. The van der Waals surface area contributed by atoms with Crippen LogP contribution < -0.4 is 11.1 Å². The average Bonchev–Trinajstić information content (AvgIpc) is 2.80. The standard InChI is InChI=1S/C13H16FN5O.2ClH/c1-9-12(18-8-19(9)6-4-15)13(20)17-7-11-10(14)3-2-5-16-11;;/h2-3,5,8H,4,6-7,15H2,1H3,(H,17,20);2*1H. The number of rotatable bonds is 5. The molecule has 1 amide bonds. The summed E-state index contributed by atoms with van der Waals surface area (Å²) in [5.41, 5.74) is 6.71. The van der Waals surface area contributed by atoms with Gasteiger partial charge in [-0.3, -0.25) is 9.78 Å². The molecule has 2 aromatic heterocycles. The lowest BCUT2D eigenvalue weighted by Gasteiger charge is -2.06. The van der Waals surface area contributed by atoms with E-state index in [1.807, 2.05) is 0 Å². The molecule has 6 nitrogen and oxygen atoms in total. The molecular formula is C13H18Cl2FN5O. The third-order valence-corrected chi connectivity index (χ3v) is 2.94. The van der Waals surface area contributed by atoms with Crippen molar-refractivity contribution in [2.75, 3.05) is 6.54 Å². The van der Waals surface area contributed by atoms with Crippen LogP contribution in [0.1, 0.15) is 21.9 Å². The van der Waals surface area contributed by atoms with E-state index in [0.29, 0.717) is 18.8 Å². The number of hydrogen-bond acceptors (Lipinski definition) is 4. The van der Waals surface area contributed by atoms with Gasteiger partial charge in [0.2, 0.25) is 0 Å². The molecule has 9 heteroatoms. The summed E-state index contributed by atoms with van der Waals surface area (Å²) in [7, 11) is 0. The SMILES string of the molecule is Cc1c(C(=O)NCc2ncccc2F)ncn1CCN.Cl.Cl. The van der Waals surface area contributed by atoms with Crippen LogP contribution in [0.5, 0.6) is 0 Å². The highest BCUT2D eigenvalue weighted by atomic mass is 35.5. The van der Waals surface area contributed by atoms with Crippen molar-refractivity contribution in [1.82, 2.24) is 19.9 Å². The number of carbonyl (C=O) groups is 1. The third kappa shape index (κ3) is 4.66. The zero-order chi connectivity index (χ0) is 14.5. The van der Waals surface area contributed by atoms with Crippen LogP contribution in [-0.2, 0) is 13.1 Å². The summed E-state index contributed by atoms with van der Waals surface area (Å²) in [4.78, 5) is 19.9. The van der Waals surface area contributed by atoms with Crippen LogP contribution in [0.2, 0.25) is 0 Å². The molecule has 0 bridgehead atoms. The van der Waals surface area contributed by atoms with E-state index in [1.54, 1.807) is 17.8 Å². The van der Waals surface area contributed by atoms with E-state index in [2.05, 4.69) is 15.3 Å². The van der Waals surface area contributed by atoms with Crippen LogP contribution in [0, 0.1) is 12.7 Å². The second-order valence-electron chi connectivity index (χ2n) is 4.28. The van der Waals surface area contributed by atoms with Crippen molar-refractivity contribution in [2.24, 2.45) is 5.73 Å². The molecule has 122 valence electrons. The van der Waals surface area contributed by atoms with Crippen LogP contribution in [0.15, 0.2) is 24.7 Å². The Balaban J connectivity index is 0.00000220. The van der Waals surface area contributed by atoms with Gasteiger partial charge in [0.05, 0.1) is 18.6 Å². The maximum absolute atomic E-state index is 13.4. The van der Waals surface area contributed by atoms with E-state index in [9.17, 15) is 9.18 Å². The molecule has 2 heterocycles. The Bertz CT molecular complexity index is 620. The highest BCUT2D eigenvalue weighted by molar-refractivity contribution is 5.93. The first-order valence-electron chi connectivity index (χ1n) is 6.23. The number of imidazole rings is 1. The molecular weight excluding hydrogens is 332 g/mol. The van der Waals surface area contributed by atoms with Gasteiger partial charge in [0.1, 0.15) is 11.5 Å². The molecule has 22 heavy (non-hydrogen) atoms. The fraction of sp³-hybridized carbons (Fsp3) is 0.308. The summed E-state index contributed by atoms with van der Waals surface area (Å²) in [6.07, 6.45) is 3.05. The summed E-state index contributed by atoms with van der Waals surface area (Å²) >= 11 is 0. The summed E-state index contributed by atoms with van der Waals surface area (Å²) in [5, 5.41) is 2.60. The maximum atomic E-state index is 13.4. The molecule has 0 aromatic carbocycles. The normalized spacial score (nSPS) is 9.59. The largest absolute Gasteiger partial charge is 0.345 e. The minimum atomic E-state index is -0.446. The minimum absolute atomic E-state index is 0. The Morgan fingerprint density at radius 2 is 2.14 bits per heavy atom. The van der Waals surface area contributed by atoms with Crippen molar-refractivity contribution < 1.29 is 9.18 Å². The number of pyridine rings is 1. The second kappa shape index (κ2) is 9.34. The highest BCUT2D eigenvalue weighted by Crippen LogP contribution is 2.07. The zero-order valence-electron chi connectivity index (χ0n) is 12.0. The van der Waals surface area contributed by atoms with Gasteiger partial charge in [0, 0.05) is 25.0 Å². The number of halogens is 3. The number of aromatic nitrogens is 3. The summed E-state index contributed by atoms with van der Waals surface area (Å²) in [5.74, 6) is -0.804. The number of nitrogens with zero attached hydrogens (tertiary/aromatic N) is 3. The average molecular weight is 350 g/mol. The fourth-order valence-electron chi connectivity index (χ4n) is 1.83. The van der Waals surface area contributed by atoms with Gasteiger partial charge in [0.15, 0.2) is 0 Å². The van der Waals surface area contributed by atoms with E-state index in [1.165, 1.54) is 18.3 Å². The summed E-state index contributed by atoms with van der Waals surface area (Å²) < 4.78 is 15.2. The third-order valence-electron chi connectivity index (χ3n) is 2.94. The fourth-order valence-corrected chi connectivity index (χ4v) is 1.83. The number of nitrogens with two attached hydrogens (primary N) is 1. The van der Waals surface area contributed by atoms with Crippen molar-refractivity contribution in [3.05, 3.63) is 47.6 Å². The van der Waals surface area contributed by atoms with E-state index >= 15 is 0 Å². The molecule has 0 unspecified atom stereocenters. The van der Waals surface area contributed by atoms with Gasteiger partial charge in [-0.05, 0) is 19.1 Å². The Morgan fingerprint density at radius 3 is 2.77 bits per heavy atom. The molecule has 0 radical (unpaired) electrons. The van der Waals surface area contributed by atoms with Crippen molar-refractivity contribution in [2.45, 2.75) is 20.0 Å². The Labute approximate surface area is 140 Å². The van der Waals surface area contributed by atoms with Crippen LogP contribution in [-0.4, -0.2) is 27.0 Å². The number of amides is 1. The van der Waals surface area contributed by atoms with Gasteiger partial charge < -0.3 is 15.6 Å². The molecule has 0 aliphatic heterocycles. The van der Waals surface area contributed by atoms with Crippen molar-refractivity contribution >= 4 is 30.7 Å². The van der Waals surface area contributed by atoms with Crippen LogP contribution in [0.4, 0.5) is 4.39 Å². The Hall–Kier alpha value is -1.70. The Morgan fingerprint density at radius 1 is 1.41 bits per heavy atom. The molecule has 0 saturated heterocycles. The molecule has 0 atom stereocenters. The summed E-state index contributed by atoms with van der Waals surface area (Å²) in [6, 6.07) is 2.80. The number of carbonyl (C=O) groups excluding carboxylic acids is 1. The lowest BCUT2D eigenvalue weighted by atomic mass is 10.3. The summed E-state index contributed by atoms with van der Waals surface area (Å²) in [6.45, 7) is 2.88. The van der Waals surface area contributed by atoms with Crippen molar-refractivity contribution in [3.63, 3.8) is 0 Å². The predicted octanol–water partition coefficient (Wildman–Crippen LogP) is 1.46. The molecule has 2 rings (SSSR count). The monoisotopic (exact) mass is 349 g/mol. The van der Waals surface area contributed by atoms with Gasteiger partial charge in [-0.15, -0.1) is 24.8 Å². The van der Waals surface area contributed by atoms with E-state index in [0.717, 1.165) is 5.69 Å². The van der Waals surface area contributed by atoms with Crippen molar-refractivity contribution in [3.8, 4) is 0 Å². The first-order valence-corrected chi connectivity index (χ1v) is 6.23. The number of nitrogens with one attached hydrogen (secondary N) is 1. The smallest absolute Gasteiger partial charge is 0.272 e. The molecule has 0 spiro atoms. The van der Waals surface area contributed by atoms with Crippen LogP contribution in [0.25, 0.3) is 0 Å². The number of hydrogen-bond donors (Lipinski definition) is 2. The Kier molecular flexibility index (Phi) is 8.62. The second-order valence-corrected chi connectivity index (χ2v) is 4.28. The minimum Gasteiger partial charge on any atom is -0.345 e. The molecule has 0 aliphatic carbocycles. The maximum Gasteiger partial charge on any atom is 0.272 e. The van der Waals surface area contributed by atoms with Crippen molar-refractivity contribution in [1.29, 1.82) is 0 Å². The lowest BCUT2D eigenvalue weighted by Crippen LogP contribution is -2.25. The van der Waals surface area contributed by atoms with Gasteiger partial charge in [-0.2, -0.15) is 0 Å². The molecule has 0 saturated carbocycles. The van der Waals surface area contributed by atoms with E-state index < -0.39 is 5.82 Å². The zero-order valence-corrected chi connectivity index (χ0v) is 13.6. The van der Waals surface area contributed by atoms with Gasteiger partial charge >= 0.3 is 0 Å². The first-order chi connectivity index (χ1) is 9.63. The topological polar surface area (TPSA) is 85.8 Å². The van der Waals surface area contributed by atoms with Crippen LogP contribution >= 0.6 is 24.8 Å².